The van der Waals surface area contributed by atoms with Crippen molar-refractivity contribution in [2.45, 2.75) is 13.0 Å². The standard InChI is InChI=1S/C16H14BrF2NO/c1-20(10-12-3-2-4-13(17)7-12)16(21)9-11-5-6-14(18)15(19)8-11/h2-8H,9-10H2,1H3. The van der Waals surface area contributed by atoms with E-state index in [-0.39, 0.29) is 12.3 Å². The van der Waals surface area contributed by atoms with E-state index in [1.54, 1.807) is 11.9 Å². The molecule has 0 bridgehead atoms. The maximum atomic E-state index is 13.1. The van der Waals surface area contributed by atoms with Gasteiger partial charge in [0.2, 0.25) is 5.91 Å². The Morgan fingerprint density at radius 1 is 1.10 bits per heavy atom. The van der Waals surface area contributed by atoms with Gasteiger partial charge in [0, 0.05) is 18.1 Å². The number of halogens is 3. The number of benzene rings is 2. The zero-order chi connectivity index (χ0) is 15.4. The monoisotopic (exact) mass is 353 g/mol. The number of hydrogen-bond acceptors (Lipinski definition) is 1. The van der Waals surface area contributed by atoms with Gasteiger partial charge in [-0.3, -0.25) is 4.79 Å². The summed E-state index contributed by atoms with van der Waals surface area (Å²) in [6.07, 6.45) is 0.0434. The fraction of sp³-hybridized carbons (Fsp3) is 0.188. The summed E-state index contributed by atoms with van der Waals surface area (Å²) in [6, 6.07) is 11.2. The molecule has 2 nitrogen and oxygen atoms in total. The normalized spacial score (nSPS) is 10.5. The molecule has 0 saturated heterocycles. The van der Waals surface area contributed by atoms with Crippen LogP contribution in [0.2, 0.25) is 0 Å². The van der Waals surface area contributed by atoms with Crippen LogP contribution < -0.4 is 0 Å². The number of likely N-dealkylation sites (N-methyl/N-ethyl adjacent to an activating group) is 1. The van der Waals surface area contributed by atoms with Crippen molar-refractivity contribution in [3.8, 4) is 0 Å². The van der Waals surface area contributed by atoms with Crippen molar-refractivity contribution in [3.63, 3.8) is 0 Å². The maximum absolute atomic E-state index is 13.1. The summed E-state index contributed by atoms with van der Waals surface area (Å²) in [5, 5.41) is 0. The predicted octanol–water partition coefficient (Wildman–Crippen LogP) is 3.93. The summed E-state index contributed by atoms with van der Waals surface area (Å²) in [5.74, 6) is -2.00. The van der Waals surface area contributed by atoms with E-state index in [4.69, 9.17) is 0 Å². The average molecular weight is 354 g/mol. The highest BCUT2D eigenvalue weighted by Crippen LogP contribution is 2.14. The van der Waals surface area contributed by atoms with Gasteiger partial charge in [-0.15, -0.1) is 0 Å². The molecule has 5 heteroatoms. The van der Waals surface area contributed by atoms with Gasteiger partial charge >= 0.3 is 0 Å². The van der Waals surface area contributed by atoms with E-state index in [9.17, 15) is 13.6 Å². The van der Waals surface area contributed by atoms with Crippen molar-refractivity contribution in [1.29, 1.82) is 0 Å². The minimum atomic E-state index is -0.935. The summed E-state index contributed by atoms with van der Waals surface area (Å²) in [5.41, 5.74) is 1.45. The smallest absolute Gasteiger partial charge is 0.227 e. The summed E-state index contributed by atoms with van der Waals surface area (Å²) in [4.78, 5) is 13.7. The molecule has 0 saturated carbocycles. The van der Waals surface area contributed by atoms with Crippen molar-refractivity contribution in [1.82, 2.24) is 4.90 Å². The van der Waals surface area contributed by atoms with Crippen LogP contribution in [0.5, 0.6) is 0 Å². The van der Waals surface area contributed by atoms with E-state index in [1.165, 1.54) is 6.07 Å². The Bertz CT molecular complexity index is 660. The van der Waals surface area contributed by atoms with Gasteiger partial charge in [-0.1, -0.05) is 34.1 Å². The highest BCUT2D eigenvalue weighted by atomic mass is 79.9. The molecule has 1 amide bonds. The quantitative estimate of drug-likeness (QED) is 0.815. The third-order valence-electron chi connectivity index (χ3n) is 3.07. The van der Waals surface area contributed by atoms with Gasteiger partial charge in [-0.25, -0.2) is 8.78 Å². The molecule has 0 aliphatic rings. The highest BCUT2D eigenvalue weighted by Gasteiger charge is 2.12. The minimum Gasteiger partial charge on any atom is -0.341 e. The number of hydrogen-bond donors (Lipinski definition) is 0. The van der Waals surface area contributed by atoms with Gasteiger partial charge in [0.05, 0.1) is 6.42 Å². The second kappa shape index (κ2) is 6.80. The van der Waals surface area contributed by atoms with Crippen molar-refractivity contribution >= 4 is 21.8 Å². The molecule has 0 N–H and O–H groups in total. The Morgan fingerprint density at radius 3 is 2.52 bits per heavy atom. The van der Waals surface area contributed by atoms with Crippen LogP contribution in [-0.2, 0) is 17.8 Å². The number of amides is 1. The first-order chi connectivity index (χ1) is 9.95. The van der Waals surface area contributed by atoms with E-state index in [0.717, 1.165) is 22.2 Å². The third-order valence-corrected chi connectivity index (χ3v) is 3.57. The van der Waals surface area contributed by atoms with Crippen LogP contribution in [0.1, 0.15) is 11.1 Å². The van der Waals surface area contributed by atoms with Crippen LogP contribution in [0.4, 0.5) is 8.78 Å². The molecule has 0 unspecified atom stereocenters. The number of nitrogens with zero attached hydrogens (tertiary/aromatic N) is 1. The van der Waals surface area contributed by atoms with Crippen molar-refractivity contribution in [2.24, 2.45) is 0 Å². The highest BCUT2D eigenvalue weighted by molar-refractivity contribution is 9.10. The largest absolute Gasteiger partial charge is 0.341 e. The Balaban J connectivity index is 2.00. The molecule has 2 aromatic carbocycles. The topological polar surface area (TPSA) is 20.3 Å². The molecule has 0 heterocycles. The molecule has 0 aliphatic heterocycles. The molecule has 0 fully saturated rings. The number of carbonyl (C=O) groups excluding carboxylic acids is 1. The molecule has 0 atom stereocenters. The summed E-state index contributed by atoms with van der Waals surface area (Å²) >= 11 is 3.38. The van der Waals surface area contributed by atoms with Crippen LogP contribution in [0, 0.1) is 11.6 Å². The van der Waals surface area contributed by atoms with E-state index in [1.807, 2.05) is 24.3 Å². The fourth-order valence-electron chi connectivity index (χ4n) is 1.96. The lowest BCUT2D eigenvalue weighted by Crippen LogP contribution is -2.27. The van der Waals surface area contributed by atoms with E-state index in [2.05, 4.69) is 15.9 Å². The molecule has 0 aliphatic carbocycles. The first-order valence-corrected chi connectivity index (χ1v) is 7.17. The molecular formula is C16H14BrF2NO. The second-order valence-corrected chi connectivity index (χ2v) is 5.72. The van der Waals surface area contributed by atoms with Gasteiger partial charge in [-0.2, -0.15) is 0 Å². The first kappa shape index (κ1) is 15.6. The molecule has 0 spiro atoms. The van der Waals surface area contributed by atoms with Gasteiger partial charge in [-0.05, 0) is 35.4 Å². The molecule has 2 aromatic rings. The number of carbonyl (C=O) groups is 1. The first-order valence-electron chi connectivity index (χ1n) is 6.38. The Kier molecular flexibility index (Phi) is 5.07. The van der Waals surface area contributed by atoms with Gasteiger partial charge < -0.3 is 4.90 Å². The molecule has 0 radical (unpaired) electrons. The van der Waals surface area contributed by atoms with Crippen molar-refractivity contribution in [3.05, 3.63) is 69.7 Å². The predicted molar refractivity (Wildman–Crippen MR) is 80.7 cm³/mol. The van der Waals surface area contributed by atoms with Crippen LogP contribution in [0.25, 0.3) is 0 Å². The lowest BCUT2D eigenvalue weighted by atomic mass is 10.1. The summed E-state index contributed by atoms with van der Waals surface area (Å²) < 4.78 is 26.9. The van der Waals surface area contributed by atoms with E-state index in [0.29, 0.717) is 12.1 Å². The minimum absolute atomic E-state index is 0.0434. The van der Waals surface area contributed by atoms with Crippen molar-refractivity contribution < 1.29 is 13.6 Å². The van der Waals surface area contributed by atoms with Gasteiger partial charge in [0.15, 0.2) is 11.6 Å². The lowest BCUT2D eigenvalue weighted by molar-refractivity contribution is -0.129. The molecular weight excluding hydrogens is 340 g/mol. The molecule has 0 aromatic heterocycles. The Labute approximate surface area is 130 Å². The van der Waals surface area contributed by atoms with Crippen LogP contribution in [0.3, 0.4) is 0 Å². The average Bonchev–Trinajstić information content (AvgIpc) is 2.43. The number of rotatable bonds is 4. The van der Waals surface area contributed by atoms with Gasteiger partial charge in [0.25, 0.3) is 0 Å². The van der Waals surface area contributed by atoms with Crippen molar-refractivity contribution in [2.75, 3.05) is 7.05 Å². The van der Waals surface area contributed by atoms with Crippen LogP contribution in [-0.4, -0.2) is 17.9 Å². The molecule has 21 heavy (non-hydrogen) atoms. The SMILES string of the molecule is CN(Cc1cccc(Br)c1)C(=O)Cc1ccc(F)c(F)c1. The maximum Gasteiger partial charge on any atom is 0.227 e. The summed E-state index contributed by atoms with van der Waals surface area (Å²) in [7, 11) is 1.68. The lowest BCUT2D eigenvalue weighted by Gasteiger charge is -2.17. The third kappa shape index (κ3) is 4.36. The zero-order valence-corrected chi connectivity index (χ0v) is 13.0. The Morgan fingerprint density at radius 2 is 1.86 bits per heavy atom. The zero-order valence-electron chi connectivity index (χ0n) is 11.4. The molecule has 2 rings (SSSR count). The van der Waals surface area contributed by atoms with E-state index >= 15 is 0 Å². The van der Waals surface area contributed by atoms with Gasteiger partial charge in [0.1, 0.15) is 0 Å². The van der Waals surface area contributed by atoms with Crippen LogP contribution in [0.15, 0.2) is 46.9 Å². The van der Waals surface area contributed by atoms with E-state index < -0.39 is 11.6 Å². The molecule has 110 valence electrons. The Hall–Kier alpha value is -1.75. The summed E-state index contributed by atoms with van der Waals surface area (Å²) in [6.45, 7) is 0.460. The van der Waals surface area contributed by atoms with Crippen LogP contribution >= 0.6 is 15.9 Å². The fourth-order valence-corrected chi connectivity index (χ4v) is 2.40. The second-order valence-electron chi connectivity index (χ2n) is 4.80.